The van der Waals surface area contributed by atoms with Crippen LogP contribution in [-0.4, -0.2) is 6.10 Å². The smallest absolute Gasteiger partial charge is 0.120 e. The zero-order chi connectivity index (χ0) is 9.14. The standard InChI is InChI=1S/C10H13IO/c1-7(2)12-9-5-4-8(3)10(11)6-9/h4-7H,1-3H3. The third-order valence-corrected chi connectivity index (χ3v) is 2.68. The van der Waals surface area contributed by atoms with Gasteiger partial charge in [-0.1, -0.05) is 6.07 Å². The van der Waals surface area contributed by atoms with E-state index in [4.69, 9.17) is 4.74 Å². The van der Waals surface area contributed by atoms with Crippen molar-refractivity contribution >= 4 is 22.6 Å². The molecule has 0 heterocycles. The summed E-state index contributed by atoms with van der Waals surface area (Å²) >= 11 is 2.32. The molecule has 0 saturated carbocycles. The molecule has 0 radical (unpaired) electrons. The summed E-state index contributed by atoms with van der Waals surface area (Å²) in [6.45, 7) is 6.17. The molecule has 1 aromatic carbocycles. The summed E-state index contributed by atoms with van der Waals surface area (Å²) in [4.78, 5) is 0. The first-order valence-electron chi connectivity index (χ1n) is 4.02. The number of halogens is 1. The number of benzene rings is 1. The van der Waals surface area contributed by atoms with Gasteiger partial charge in [0.25, 0.3) is 0 Å². The molecule has 0 aliphatic heterocycles. The fourth-order valence-corrected chi connectivity index (χ4v) is 1.41. The minimum absolute atomic E-state index is 0.253. The highest BCUT2D eigenvalue weighted by Gasteiger charge is 1.99. The van der Waals surface area contributed by atoms with Crippen LogP contribution in [0.3, 0.4) is 0 Å². The van der Waals surface area contributed by atoms with Crippen LogP contribution in [0.25, 0.3) is 0 Å². The van der Waals surface area contributed by atoms with Crippen LogP contribution in [0.1, 0.15) is 19.4 Å². The van der Waals surface area contributed by atoms with Gasteiger partial charge in [-0.2, -0.15) is 0 Å². The maximum atomic E-state index is 5.55. The summed E-state index contributed by atoms with van der Waals surface area (Å²) in [5, 5.41) is 0. The van der Waals surface area contributed by atoms with Gasteiger partial charge in [-0.05, 0) is 61.1 Å². The molecule has 1 rings (SSSR count). The SMILES string of the molecule is Cc1ccc(OC(C)C)cc1I. The second-order valence-electron chi connectivity index (χ2n) is 3.08. The van der Waals surface area contributed by atoms with Crippen LogP contribution < -0.4 is 4.74 Å². The fourth-order valence-electron chi connectivity index (χ4n) is 0.919. The molecule has 0 aromatic heterocycles. The number of hydrogen-bond acceptors (Lipinski definition) is 1. The minimum Gasteiger partial charge on any atom is -0.491 e. The fraction of sp³-hybridized carbons (Fsp3) is 0.400. The van der Waals surface area contributed by atoms with Crippen molar-refractivity contribution in [2.24, 2.45) is 0 Å². The van der Waals surface area contributed by atoms with Crippen molar-refractivity contribution in [2.45, 2.75) is 26.9 Å². The minimum atomic E-state index is 0.253. The molecule has 2 heteroatoms. The number of rotatable bonds is 2. The predicted molar refractivity (Wildman–Crippen MR) is 59.7 cm³/mol. The van der Waals surface area contributed by atoms with Crippen molar-refractivity contribution < 1.29 is 4.74 Å². The first-order valence-corrected chi connectivity index (χ1v) is 5.10. The molecule has 0 unspecified atom stereocenters. The molecule has 1 aromatic rings. The Bertz CT molecular complexity index is 269. The zero-order valence-electron chi connectivity index (χ0n) is 7.60. The van der Waals surface area contributed by atoms with E-state index in [0.29, 0.717) is 0 Å². The molecule has 0 amide bonds. The van der Waals surface area contributed by atoms with E-state index in [0.717, 1.165) is 5.75 Å². The van der Waals surface area contributed by atoms with Crippen molar-refractivity contribution in [3.05, 3.63) is 27.3 Å². The Labute approximate surface area is 87.3 Å². The maximum Gasteiger partial charge on any atom is 0.120 e. The Hall–Kier alpha value is -0.250. The van der Waals surface area contributed by atoms with Crippen molar-refractivity contribution in [1.82, 2.24) is 0 Å². The van der Waals surface area contributed by atoms with Crippen LogP contribution in [0.2, 0.25) is 0 Å². The van der Waals surface area contributed by atoms with Crippen LogP contribution in [0, 0.1) is 10.5 Å². The predicted octanol–water partition coefficient (Wildman–Crippen LogP) is 3.39. The van der Waals surface area contributed by atoms with Gasteiger partial charge in [0.15, 0.2) is 0 Å². The van der Waals surface area contributed by atoms with E-state index in [1.165, 1.54) is 9.13 Å². The topological polar surface area (TPSA) is 9.23 Å². The Morgan fingerprint density at radius 3 is 2.50 bits per heavy atom. The van der Waals surface area contributed by atoms with Crippen LogP contribution in [0.15, 0.2) is 18.2 Å². The highest BCUT2D eigenvalue weighted by molar-refractivity contribution is 14.1. The van der Waals surface area contributed by atoms with E-state index in [1.54, 1.807) is 0 Å². The summed E-state index contributed by atoms with van der Waals surface area (Å²) in [6.07, 6.45) is 0.253. The third-order valence-electron chi connectivity index (χ3n) is 1.52. The van der Waals surface area contributed by atoms with E-state index in [-0.39, 0.29) is 6.10 Å². The van der Waals surface area contributed by atoms with Crippen molar-refractivity contribution in [3.63, 3.8) is 0 Å². The van der Waals surface area contributed by atoms with Crippen LogP contribution in [0.4, 0.5) is 0 Å². The third kappa shape index (κ3) is 2.66. The first-order chi connectivity index (χ1) is 5.59. The summed E-state index contributed by atoms with van der Waals surface area (Å²) in [7, 11) is 0. The van der Waals surface area contributed by atoms with Gasteiger partial charge in [0.05, 0.1) is 6.10 Å². The summed E-state index contributed by atoms with van der Waals surface area (Å²) in [6, 6.07) is 6.16. The molecule has 0 bridgehead atoms. The Morgan fingerprint density at radius 1 is 1.33 bits per heavy atom. The quantitative estimate of drug-likeness (QED) is 0.752. The lowest BCUT2D eigenvalue weighted by Gasteiger charge is -2.10. The molecule has 0 fully saturated rings. The average Bonchev–Trinajstić information content (AvgIpc) is 1.96. The molecule has 1 nitrogen and oxygen atoms in total. The molecule has 0 saturated heterocycles. The van der Waals surface area contributed by atoms with Gasteiger partial charge >= 0.3 is 0 Å². The highest BCUT2D eigenvalue weighted by Crippen LogP contribution is 2.19. The zero-order valence-corrected chi connectivity index (χ0v) is 9.75. The molecule has 0 atom stereocenters. The molecule has 0 aliphatic rings. The molecule has 0 spiro atoms. The lowest BCUT2D eigenvalue weighted by atomic mass is 10.2. The Kier molecular flexibility index (Phi) is 3.38. The van der Waals surface area contributed by atoms with Gasteiger partial charge in [0.1, 0.15) is 5.75 Å². The van der Waals surface area contributed by atoms with Crippen molar-refractivity contribution in [1.29, 1.82) is 0 Å². The molecule has 0 aliphatic carbocycles. The molecule has 66 valence electrons. The van der Waals surface area contributed by atoms with Crippen LogP contribution >= 0.6 is 22.6 Å². The second kappa shape index (κ2) is 4.12. The first kappa shape index (κ1) is 9.84. The van der Waals surface area contributed by atoms with E-state index >= 15 is 0 Å². The summed E-state index contributed by atoms with van der Waals surface area (Å²) in [5.41, 5.74) is 1.30. The molecule has 12 heavy (non-hydrogen) atoms. The Morgan fingerprint density at radius 2 is 2.00 bits per heavy atom. The van der Waals surface area contributed by atoms with Gasteiger partial charge in [-0.3, -0.25) is 0 Å². The van der Waals surface area contributed by atoms with E-state index in [9.17, 15) is 0 Å². The summed E-state index contributed by atoms with van der Waals surface area (Å²) < 4.78 is 6.80. The largest absolute Gasteiger partial charge is 0.491 e. The van der Waals surface area contributed by atoms with Crippen LogP contribution in [0.5, 0.6) is 5.75 Å². The van der Waals surface area contributed by atoms with Gasteiger partial charge in [-0.25, -0.2) is 0 Å². The van der Waals surface area contributed by atoms with E-state index < -0.39 is 0 Å². The van der Waals surface area contributed by atoms with Gasteiger partial charge in [-0.15, -0.1) is 0 Å². The monoisotopic (exact) mass is 276 g/mol. The average molecular weight is 276 g/mol. The summed E-state index contributed by atoms with van der Waals surface area (Å²) in [5.74, 6) is 0.958. The van der Waals surface area contributed by atoms with Gasteiger partial charge < -0.3 is 4.74 Å². The van der Waals surface area contributed by atoms with Crippen molar-refractivity contribution in [2.75, 3.05) is 0 Å². The van der Waals surface area contributed by atoms with Gasteiger partial charge in [0.2, 0.25) is 0 Å². The normalized spacial score (nSPS) is 10.4. The number of ether oxygens (including phenoxy) is 1. The number of aryl methyl sites for hydroxylation is 1. The van der Waals surface area contributed by atoms with E-state index in [2.05, 4.69) is 41.6 Å². The molecular formula is C10H13IO. The van der Waals surface area contributed by atoms with Crippen LogP contribution in [-0.2, 0) is 0 Å². The molecule has 0 N–H and O–H groups in total. The highest BCUT2D eigenvalue weighted by atomic mass is 127. The lowest BCUT2D eigenvalue weighted by Crippen LogP contribution is -2.05. The second-order valence-corrected chi connectivity index (χ2v) is 4.24. The van der Waals surface area contributed by atoms with Crippen molar-refractivity contribution in [3.8, 4) is 5.75 Å². The number of hydrogen-bond donors (Lipinski definition) is 0. The Balaban J connectivity index is 2.82. The molecular weight excluding hydrogens is 263 g/mol. The van der Waals surface area contributed by atoms with E-state index in [1.807, 2.05) is 19.9 Å². The van der Waals surface area contributed by atoms with Gasteiger partial charge in [0, 0.05) is 3.57 Å². The lowest BCUT2D eigenvalue weighted by molar-refractivity contribution is 0.242. The maximum absolute atomic E-state index is 5.55.